The largest absolute Gasteiger partial charge is 0.494 e. The van der Waals surface area contributed by atoms with E-state index in [-0.39, 0.29) is 12.5 Å². The number of carbonyl (C=O) groups excluding carboxylic acids is 2. The summed E-state index contributed by atoms with van der Waals surface area (Å²) in [5.74, 6) is 0.0962. The lowest BCUT2D eigenvalue weighted by molar-refractivity contribution is -0.124. The molecule has 0 atom stereocenters. The molecule has 5 nitrogen and oxygen atoms in total. The third-order valence-electron chi connectivity index (χ3n) is 2.47. The molecule has 0 aromatic heterocycles. The summed E-state index contributed by atoms with van der Waals surface area (Å²) in [7, 11) is 0. The van der Waals surface area contributed by atoms with E-state index in [1.165, 1.54) is 0 Å². The van der Waals surface area contributed by atoms with Gasteiger partial charge in [-0.1, -0.05) is 19.1 Å². The van der Waals surface area contributed by atoms with Crippen LogP contribution in [0.5, 0.6) is 5.75 Å². The van der Waals surface area contributed by atoms with Gasteiger partial charge in [0.15, 0.2) is 0 Å². The quantitative estimate of drug-likeness (QED) is 0.735. The van der Waals surface area contributed by atoms with Gasteiger partial charge in [-0.2, -0.15) is 0 Å². The highest BCUT2D eigenvalue weighted by Gasteiger charge is 2.04. The van der Waals surface area contributed by atoms with Crippen molar-refractivity contribution in [3.8, 4) is 5.75 Å². The topological polar surface area (TPSA) is 81.4 Å². The van der Waals surface area contributed by atoms with Crippen LogP contribution in [0.1, 0.15) is 25.3 Å². The van der Waals surface area contributed by atoms with Gasteiger partial charge in [0, 0.05) is 6.42 Å². The highest BCUT2D eigenvalue weighted by Crippen LogP contribution is 2.14. The van der Waals surface area contributed by atoms with Gasteiger partial charge < -0.3 is 15.8 Å². The van der Waals surface area contributed by atoms with E-state index in [0.717, 1.165) is 17.7 Å². The third-order valence-corrected chi connectivity index (χ3v) is 2.47. The highest BCUT2D eigenvalue weighted by molar-refractivity contribution is 5.83. The first-order valence-corrected chi connectivity index (χ1v) is 6.38. The minimum Gasteiger partial charge on any atom is -0.494 e. The average Bonchev–Trinajstić information content (AvgIpc) is 2.41. The number of nitrogens with one attached hydrogen (secondary N) is 1. The lowest BCUT2D eigenvalue weighted by atomic mass is 10.1. The Morgan fingerprint density at radius 1 is 1.37 bits per heavy atom. The number of benzene rings is 1. The van der Waals surface area contributed by atoms with E-state index in [4.69, 9.17) is 10.5 Å². The van der Waals surface area contributed by atoms with E-state index in [1.807, 2.05) is 31.2 Å². The molecule has 104 valence electrons. The van der Waals surface area contributed by atoms with Crippen molar-refractivity contribution in [3.63, 3.8) is 0 Å². The van der Waals surface area contributed by atoms with Crippen molar-refractivity contribution < 1.29 is 14.3 Å². The molecular formula is C14H20N2O3. The summed E-state index contributed by atoms with van der Waals surface area (Å²) in [5.41, 5.74) is 5.97. The minimum atomic E-state index is -0.539. The Morgan fingerprint density at radius 3 is 2.84 bits per heavy atom. The number of nitrogens with two attached hydrogens (primary N) is 1. The molecule has 0 unspecified atom stereocenters. The molecule has 1 aromatic rings. The third kappa shape index (κ3) is 6.45. The number of hydrogen-bond donors (Lipinski definition) is 2. The maximum absolute atomic E-state index is 11.4. The lowest BCUT2D eigenvalue weighted by Gasteiger charge is -2.07. The van der Waals surface area contributed by atoms with Crippen LogP contribution in [-0.4, -0.2) is 25.0 Å². The summed E-state index contributed by atoms with van der Waals surface area (Å²) >= 11 is 0. The van der Waals surface area contributed by atoms with Crippen LogP contribution in [0.2, 0.25) is 0 Å². The number of primary amides is 1. The Balaban J connectivity index is 2.39. The predicted molar refractivity (Wildman–Crippen MR) is 72.8 cm³/mol. The number of carbonyl (C=O) groups is 2. The van der Waals surface area contributed by atoms with Crippen LogP contribution in [-0.2, 0) is 16.0 Å². The SMILES string of the molecule is CCCOc1cccc(CCC(=O)NCC(N)=O)c1. The van der Waals surface area contributed by atoms with E-state index in [0.29, 0.717) is 19.4 Å². The van der Waals surface area contributed by atoms with Gasteiger partial charge in [0.2, 0.25) is 11.8 Å². The van der Waals surface area contributed by atoms with Gasteiger partial charge >= 0.3 is 0 Å². The molecule has 2 amide bonds. The van der Waals surface area contributed by atoms with Crippen molar-refractivity contribution in [3.05, 3.63) is 29.8 Å². The van der Waals surface area contributed by atoms with E-state index in [2.05, 4.69) is 5.32 Å². The molecule has 0 heterocycles. The molecular weight excluding hydrogens is 244 g/mol. The smallest absolute Gasteiger partial charge is 0.236 e. The summed E-state index contributed by atoms with van der Waals surface area (Å²) in [6, 6.07) is 7.67. The molecule has 0 aliphatic rings. The van der Waals surface area contributed by atoms with Gasteiger partial charge in [-0.3, -0.25) is 9.59 Å². The number of rotatable bonds is 8. The molecule has 0 radical (unpaired) electrons. The first-order valence-electron chi connectivity index (χ1n) is 6.38. The van der Waals surface area contributed by atoms with Crippen LogP contribution in [0.15, 0.2) is 24.3 Å². The fourth-order valence-electron chi connectivity index (χ4n) is 1.54. The summed E-state index contributed by atoms with van der Waals surface area (Å²) in [4.78, 5) is 21.9. The zero-order valence-electron chi connectivity index (χ0n) is 11.1. The van der Waals surface area contributed by atoms with Crippen LogP contribution in [0, 0.1) is 0 Å². The van der Waals surface area contributed by atoms with Gasteiger partial charge in [-0.25, -0.2) is 0 Å². The van der Waals surface area contributed by atoms with Crippen molar-refractivity contribution in [2.45, 2.75) is 26.2 Å². The van der Waals surface area contributed by atoms with Crippen LogP contribution < -0.4 is 15.8 Å². The number of aryl methyl sites for hydroxylation is 1. The summed E-state index contributed by atoms with van der Waals surface area (Å²) < 4.78 is 5.52. The van der Waals surface area contributed by atoms with E-state index in [9.17, 15) is 9.59 Å². The molecule has 0 aliphatic carbocycles. The van der Waals surface area contributed by atoms with Crippen LogP contribution in [0.3, 0.4) is 0 Å². The Kier molecular flexibility index (Phi) is 6.43. The summed E-state index contributed by atoms with van der Waals surface area (Å²) in [6.45, 7) is 2.62. The molecule has 0 aliphatic heterocycles. The van der Waals surface area contributed by atoms with Gasteiger partial charge in [0.05, 0.1) is 13.2 Å². The second-order valence-corrected chi connectivity index (χ2v) is 4.24. The molecule has 0 bridgehead atoms. The molecule has 0 fully saturated rings. The van der Waals surface area contributed by atoms with Gasteiger partial charge in [-0.05, 0) is 30.5 Å². The number of ether oxygens (including phenoxy) is 1. The van der Waals surface area contributed by atoms with Gasteiger partial charge in [0.1, 0.15) is 5.75 Å². The highest BCUT2D eigenvalue weighted by atomic mass is 16.5. The van der Waals surface area contributed by atoms with Crippen LogP contribution in [0.25, 0.3) is 0 Å². The summed E-state index contributed by atoms with van der Waals surface area (Å²) in [5, 5.41) is 2.46. The van der Waals surface area contributed by atoms with Crippen molar-refractivity contribution in [1.29, 1.82) is 0 Å². The zero-order valence-corrected chi connectivity index (χ0v) is 11.1. The Morgan fingerprint density at radius 2 is 2.16 bits per heavy atom. The summed E-state index contributed by atoms with van der Waals surface area (Å²) in [6.07, 6.45) is 1.89. The molecule has 19 heavy (non-hydrogen) atoms. The number of hydrogen-bond acceptors (Lipinski definition) is 3. The Bertz CT molecular complexity index is 432. The van der Waals surface area contributed by atoms with Gasteiger partial charge in [-0.15, -0.1) is 0 Å². The maximum Gasteiger partial charge on any atom is 0.236 e. The van der Waals surface area contributed by atoms with E-state index >= 15 is 0 Å². The second kappa shape index (κ2) is 8.13. The average molecular weight is 264 g/mol. The molecule has 1 aromatic carbocycles. The molecule has 5 heteroatoms. The second-order valence-electron chi connectivity index (χ2n) is 4.24. The monoisotopic (exact) mass is 264 g/mol. The van der Waals surface area contributed by atoms with Crippen molar-refractivity contribution >= 4 is 11.8 Å². The predicted octanol–water partition coefficient (Wildman–Crippen LogP) is 1.01. The fourth-order valence-corrected chi connectivity index (χ4v) is 1.54. The molecule has 0 saturated carbocycles. The number of amides is 2. The molecule has 0 saturated heterocycles. The first kappa shape index (κ1) is 15.0. The Labute approximate surface area is 113 Å². The molecule has 0 spiro atoms. The van der Waals surface area contributed by atoms with Crippen LogP contribution >= 0.6 is 0 Å². The Hall–Kier alpha value is -2.04. The van der Waals surface area contributed by atoms with Crippen molar-refractivity contribution in [2.75, 3.05) is 13.2 Å². The minimum absolute atomic E-state index is 0.113. The van der Waals surface area contributed by atoms with Crippen molar-refractivity contribution in [1.82, 2.24) is 5.32 Å². The first-order chi connectivity index (χ1) is 9.11. The van der Waals surface area contributed by atoms with Gasteiger partial charge in [0.25, 0.3) is 0 Å². The molecule has 1 rings (SSSR count). The normalized spacial score (nSPS) is 9.95. The van der Waals surface area contributed by atoms with E-state index < -0.39 is 5.91 Å². The fraction of sp³-hybridized carbons (Fsp3) is 0.429. The zero-order chi connectivity index (χ0) is 14.1. The van der Waals surface area contributed by atoms with Crippen LogP contribution in [0.4, 0.5) is 0 Å². The lowest BCUT2D eigenvalue weighted by Crippen LogP contribution is -2.33. The molecule has 3 N–H and O–H groups in total. The standard InChI is InChI=1S/C14H20N2O3/c1-2-8-19-12-5-3-4-11(9-12)6-7-14(18)16-10-13(15)17/h3-5,9H,2,6-8,10H2,1H3,(H2,15,17)(H,16,18). The van der Waals surface area contributed by atoms with E-state index in [1.54, 1.807) is 0 Å². The maximum atomic E-state index is 11.4. The van der Waals surface area contributed by atoms with Crippen molar-refractivity contribution in [2.24, 2.45) is 5.73 Å².